The van der Waals surface area contributed by atoms with E-state index in [1.165, 1.54) is 17.8 Å². The van der Waals surface area contributed by atoms with E-state index < -0.39 is 0 Å². The summed E-state index contributed by atoms with van der Waals surface area (Å²) in [5.74, 6) is 0.646. The Morgan fingerprint density at radius 1 is 1.09 bits per heavy atom. The first-order valence-corrected chi connectivity index (χ1v) is 7.67. The highest BCUT2D eigenvalue weighted by molar-refractivity contribution is 14.0. The van der Waals surface area contributed by atoms with Crippen LogP contribution in [-0.4, -0.2) is 19.0 Å². The van der Waals surface area contributed by atoms with E-state index in [9.17, 15) is 4.39 Å². The second-order valence-corrected chi connectivity index (χ2v) is 5.73. The van der Waals surface area contributed by atoms with Crippen molar-refractivity contribution in [3.05, 3.63) is 59.9 Å². The van der Waals surface area contributed by atoms with Gasteiger partial charge in [-0.05, 0) is 23.8 Å². The second kappa shape index (κ2) is 8.38. The van der Waals surface area contributed by atoms with Gasteiger partial charge in [-0.25, -0.2) is 4.39 Å². The summed E-state index contributed by atoms with van der Waals surface area (Å²) in [6.45, 7) is 2.37. The Hall–Kier alpha value is -1.28. The van der Waals surface area contributed by atoms with Crippen molar-refractivity contribution in [2.24, 2.45) is 4.99 Å². The van der Waals surface area contributed by atoms with Gasteiger partial charge in [-0.15, -0.1) is 24.0 Å². The number of guanidine groups is 1. The Kier molecular flexibility index (Phi) is 6.50. The third-order valence-electron chi connectivity index (χ3n) is 3.15. The zero-order valence-corrected chi connectivity index (χ0v) is 15.0. The first-order chi connectivity index (χ1) is 10.3. The fraction of sp³-hybridized carbons (Fsp3) is 0.188. The minimum absolute atomic E-state index is 0. The van der Waals surface area contributed by atoms with Gasteiger partial charge in [0.2, 0.25) is 0 Å². The SMILES string of the molecule is Fc1ccccc1Sc1ccccc1CNC1=NCCN1.I. The van der Waals surface area contributed by atoms with Crippen molar-refractivity contribution in [3.63, 3.8) is 0 Å². The first kappa shape index (κ1) is 17.1. The second-order valence-electron chi connectivity index (χ2n) is 4.65. The molecule has 0 saturated heterocycles. The standard InChI is InChI=1S/C16H16FN3S.HI/c17-13-6-2-4-8-15(13)21-14-7-3-1-5-12(14)11-20-16-18-9-10-19-16;/h1-8H,9-11H2,(H2,18,19,20);1H. The average Bonchev–Trinajstić information content (AvgIpc) is 3.02. The van der Waals surface area contributed by atoms with Gasteiger partial charge in [-0.3, -0.25) is 4.99 Å². The number of nitrogens with one attached hydrogen (secondary N) is 2. The van der Waals surface area contributed by atoms with E-state index in [2.05, 4.69) is 15.6 Å². The molecule has 1 aliphatic rings. The number of halogens is 2. The summed E-state index contributed by atoms with van der Waals surface area (Å²) in [4.78, 5) is 6.00. The smallest absolute Gasteiger partial charge is 0.191 e. The van der Waals surface area contributed by atoms with Crippen LogP contribution >= 0.6 is 35.7 Å². The molecule has 3 rings (SSSR count). The monoisotopic (exact) mass is 429 g/mol. The number of rotatable bonds is 4. The van der Waals surface area contributed by atoms with Crippen LogP contribution in [0.1, 0.15) is 5.56 Å². The van der Waals surface area contributed by atoms with Crippen molar-refractivity contribution < 1.29 is 4.39 Å². The first-order valence-electron chi connectivity index (χ1n) is 6.85. The highest BCUT2D eigenvalue weighted by Gasteiger charge is 2.09. The lowest BCUT2D eigenvalue weighted by molar-refractivity contribution is 0.602. The molecule has 0 saturated carbocycles. The number of aliphatic imine (C=N–C) groups is 1. The van der Waals surface area contributed by atoms with Gasteiger partial charge in [-0.1, -0.05) is 42.1 Å². The van der Waals surface area contributed by atoms with Crippen LogP contribution in [0.2, 0.25) is 0 Å². The van der Waals surface area contributed by atoms with Crippen LogP contribution in [-0.2, 0) is 6.54 Å². The lowest BCUT2D eigenvalue weighted by Crippen LogP contribution is -2.33. The summed E-state index contributed by atoms with van der Waals surface area (Å²) in [6, 6.07) is 14.9. The van der Waals surface area contributed by atoms with Gasteiger partial charge in [0, 0.05) is 22.9 Å². The molecule has 0 unspecified atom stereocenters. The fourth-order valence-corrected chi connectivity index (χ4v) is 3.06. The maximum atomic E-state index is 13.8. The van der Waals surface area contributed by atoms with E-state index in [-0.39, 0.29) is 29.8 Å². The molecule has 2 aromatic carbocycles. The molecule has 1 aliphatic heterocycles. The van der Waals surface area contributed by atoms with Crippen molar-refractivity contribution in [1.82, 2.24) is 10.6 Å². The van der Waals surface area contributed by atoms with E-state index >= 15 is 0 Å². The molecule has 0 radical (unpaired) electrons. The molecule has 1 heterocycles. The zero-order valence-electron chi connectivity index (χ0n) is 11.9. The third kappa shape index (κ3) is 4.36. The quantitative estimate of drug-likeness (QED) is 0.729. The summed E-state index contributed by atoms with van der Waals surface area (Å²) in [7, 11) is 0. The van der Waals surface area contributed by atoms with Gasteiger partial charge in [0.25, 0.3) is 0 Å². The van der Waals surface area contributed by atoms with Crippen LogP contribution in [0.4, 0.5) is 4.39 Å². The number of hydrogen-bond donors (Lipinski definition) is 2. The lowest BCUT2D eigenvalue weighted by atomic mass is 10.2. The predicted molar refractivity (Wildman–Crippen MR) is 99.5 cm³/mol. The molecule has 116 valence electrons. The molecule has 22 heavy (non-hydrogen) atoms. The number of nitrogens with zero attached hydrogens (tertiary/aromatic N) is 1. The van der Waals surface area contributed by atoms with E-state index in [1.807, 2.05) is 30.3 Å². The molecule has 0 aromatic heterocycles. The highest BCUT2D eigenvalue weighted by Crippen LogP contribution is 2.31. The van der Waals surface area contributed by atoms with E-state index in [0.29, 0.717) is 11.4 Å². The molecule has 3 nitrogen and oxygen atoms in total. The summed E-state index contributed by atoms with van der Waals surface area (Å²) in [5, 5.41) is 6.45. The molecule has 0 spiro atoms. The van der Waals surface area contributed by atoms with Crippen molar-refractivity contribution >= 4 is 41.7 Å². The van der Waals surface area contributed by atoms with E-state index in [4.69, 9.17) is 0 Å². The zero-order chi connectivity index (χ0) is 14.5. The maximum absolute atomic E-state index is 13.8. The predicted octanol–water partition coefficient (Wildman–Crippen LogP) is 3.64. The van der Waals surface area contributed by atoms with Crippen molar-refractivity contribution in [3.8, 4) is 0 Å². The topological polar surface area (TPSA) is 36.4 Å². The third-order valence-corrected chi connectivity index (χ3v) is 4.32. The van der Waals surface area contributed by atoms with Gasteiger partial charge < -0.3 is 10.6 Å². The number of benzene rings is 2. The summed E-state index contributed by atoms with van der Waals surface area (Å²) >= 11 is 1.45. The molecule has 0 aliphatic carbocycles. The normalized spacial score (nSPS) is 13.0. The molecule has 6 heteroatoms. The largest absolute Gasteiger partial charge is 0.355 e. The summed E-state index contributed by atoms with van der Waals surface area (Å²) in [5.41, 5.74) is 1.13. The molecular formula is C16H17FIN3S. The molecule has 0 bridgehead atoms. The van der Waals surface area contributed by atoms with Gasteiger partial charge in [0.1, 0.15) is 5.82 Å². The van der Waals surface area contributed by atoms with Gasteiger partial charge >= 0.3 is 0 Å². The maximum Gasteiger partial charge on any atom is 0.191 e. The minimum atomic E-state index is -0.188. The lowest BCUT2D eigenvalue weighted by Gasteiger charge is -2.11. The molecule has 0 amide bonds. The van der Waals surface area contributed by atoms with Crippen molar-refractivity contribution in [1.29, 1.82) is 0 Å². The van der Waals surface area contributed by atoms with E-state index in [0.717, 1.165) is 29.5 Å². The Balaban J connectivity index is 0.00000176. The van der Waals surface area contributed by atoms with Crippen molar-refractivity contribution in [2.75, 3.05) is 13.1 Å². The molecule has 2 N–H and O–H groups in total. The van der Waals surface area contributed by atoms with Gasteiger partial charge in [0.15, 0.2) is 5.96 Å². The molecule has 2 aromatic rings. The van der Waals surface area contributed by atoms with Crippen molar-refractivity contribution in [2.45, 2.75) is 16.3 Å². The Morgan fingerprint density at radius 3 is 2.55 bits per heavy atom. The molecular weight excluding hydrogens is 412 g/mol. The molecule has 0 atom stereocenters. The van der Waals surface area contributed by atoms with Crippen LogP contribution in [0, 0.1) is 5.82 Å². The molecule has 0 fully saturated rings. The van der Waals surface area contributed by atoms with Crippen LogP contribution in [0.3, 0.4) is 0 Å². The van der Waals surface area contributed by atoms with Crippen LogP contribution in [0.25, 0.3) is 0 Å². The fourth-order valence-electron chi connectivity index (χ4n) is 2.09. The van der Waals surface area contributed by atoms with Gasteiger partial charge in [0.05, 0.1) is 6.54 Å². The van der Waals surface area contributed by atoms with E-state index in [1.54, 1.807) is 12.1 Å². The summed E-state index contributed by atoms with van der Waals surface area (Å²) in [6.07, 6.45) is 0. The van der Waals surface area contributed by atoms with Gasteiger partial charge in [-0.2, -0.15) is 0 Å². The Bertz CT molecular complexity index is 663. The van der Waals surface area contributed by atoms with Crippen LogP contribution in [0.15, 0.2) is 63.3 Å². The minimum Gasteiger partial charge on any atom is -0.355 e. The summed E-state index contributed by atoms with van der Waals surface area (Å²) < 4.78 is 13.8. The van der Waals surface area contributed by atoms with Crippen LogP contribution in [0.5, 0.6) is 0 Å². The Morgan fingerprint density at radius 2 is 1.82 bits per heavy atom. The Labute approximate surface area is 150 Å². The highest BCUT2D eigenvalue weighted by atomic mass is 127. The number of hydrogen-bond acceptors (Lipinski definition) is 4. The van der Waals surface area contributed by atoms with Crippen LogP contribution < -0.4 is 10.6 Å². The average molecular weight is 429 g/mol.